The molecular formula is C20H34IN5O2. The standard InChI is InChI=1S/C20H33N5O2.HI/c1-4-5-6-7-8-15(2)25-20(22-3)24-13-16-9-11-17(12-10-16)19(27)23-14-18(21)26;/h9-12,15H,4-8,13-14H2,1-3H3,(H2,21,26)(H,23,27)(H2,22,24,25);1H. The molecule has 1 atom stereocenters. The minimum atomic E-state index is -0.567. The van der Waals surface area contributed by atoms with E-state index in [4.69, 9.17) is 5.73 Å². The summed E-state index contributed by atoms with van der Waals surface area (Å²) >= 11 is 0. The number of halogens is 1. The van der Waals surface area contributed by atoms with E-state index in [-0.39, 0.29) is 36.4 Å². The molecule has 0 saturated carbocycles. The monoisotopic (exact) mass is 503 g/mol. The first-order chi connectivity index (χ1) is 13.0. The second kappa shape index (κ2) is 15.1. The smallest absolute Gasteiger partial charge is 0.251 e. The highest BCUT2D eigenvalue weighted by Crippen LogP contribution is 2.06. The molecule has 1 unspecified atom stereocenters. The van der Waals surface area contributed by atoms with E-state index in [2.05, 4.69) is 34.8 Å². The summed E-state index contributed by atoms with van der Waals surface area (Å²) in [5, 5.41) is 9.15. The molecule has 0 saturated heterocycles. The number of carbonyl (C=O) groups is 2. The van der Waals surface area contributed by atoms with Gasteiger partial charge in [-0.05, 0) is 31.0 Å². The van der Waals surface area contributed by atoms with Crippen LogP contribution in [0.4, 0.5) is 0 Å². The minimum Gasteiger partial charge on any atom is -0.368 e. The third-order valence-electron chi connectivity index (χ3n) is 4.20. The van der Waals surface area contributed by atoms with Gasteiger partial charge in [0.05, 0.1) is 6.54 Å². The third kappa shape index (κ3) is 11.1. The van der Waals surface area contributed by atoms with Crippen LogP contribution in [0.2, 0.25) is 0 Å². The molecule has 28 heavy (non-hydrogen) atoms. The number of nitrogens with two attached hydrogens (primary N) is 1. The lowest BCUT2D eigenvalue weighted by Crippen LogP contribution is -2.41. The van der Waals surface area contributed by atoms with Crippen LogP contribution >= 0.6 is 24.0 Å². The quantitative estimate of drug-likeness (QED) is 0.161. The van der Waals surface area contributed by atoms with E-state index < -0.39 is 5.91 Å². The number of nitrogens with one attached hydrogen (secondary N) is 3. The molecular weight excluding hydrogens is 469 g/mol. The molecule has 0 aromatic heterocycles. The number of guanidine groups is 1. The van der Waals surface area contributed by atoms with Gasteiger partial charge in [-0.25, -0.2) is 0 Å². The largest absolute Gasteiger partial charge is 0.368 e. The van der Waals surface area contributed by atoms with Crippen molar-refractivity contribution < 1.29 is 9.59 Å². The zero-order valence-electron chi connectivity index (χ0n) is 17.1. The minimum absolute atomic E-state index is 0. The molecule has 0 aliphatic carbocycles. The van der Waals surface area contributed by atoms with Crippen molar-refractivity contribution in [2.75, 3.05) is 13.6 Å². The lowest BCUT2D eigenvalue weighted by atomic mass is 10.1. The average molecular weight is 503 g/mol. The van der Waals surface area contributed by atoms with Gasteiger partial charge in [-0.1, -0.05) is 44.7 Å². The first-order valence-electron chi connectivity index (χ1n) is 9.58. The zero-order chi connectivity index (χ0) is 20.1. The maximum Gasteiger partial charge on any atom is 0.251 e. The topological polar surface area (TPSA) is 109 Å². The van der Waals surface area contributed by atoms with Crippen molar-refractivity contribution in [3.8, 4) is 0 Å². The predicted octanol–water partition coefficient (Wildman–Crippen LogP) is 2.54. The lowest BCUT2D eigenvalue weighted by Gasteiger charge is -2.18. The number of aliphatic imine (C=N–C) groups is 1. The van der Waals surface area contributed by atoms with Gasteiger partial charge in [0.15, 0.2) is 5.96 Å². The highest BCUT2D eigenvalue weighted by atomic mass is 127. The summed E-state index contributed by atoms with van der Waals surface area (Å²) in [6.07, 6.45) is 6.15. The molecule has 1 rings (SSSR count). The number of hydrogen-bond donors (Lipinski definition) is 4. The van der Waals surface area contributed by atoms with E-state index in [9.17, 15) is 9.59 Å². The molecule has 158 valence electrons. The Labute approximate surface area is 185 Å². The fourth-order valence-corrected chi connectivity index (χ4v) is 2.61. The van der Waals surface area contributed by atoms with Crippen LogP contribution < -0.4 is 21.7 Å². The lowest BCUT2D eigenvalue weighted by molar-refractivity contribution is -0.117. The van der Waals surface area contributed by atoms with E-state index in [1.54, 1.807) is 19.2 Å². The normalized spacial score (nSPS) is 11.9. The Morgan fingerprint density at radius 2 is 1.79 bits per heavy atom. The van der Waals surface area contributed by atoms with Gasteiger partial charge in [0.2, 0.25) is 5.91 Å². The van der Waals surface area contributed by atoms with Crippen LogP contribution in [-0.4, -0.2) is 37.4 Å². The highest BCUT2D eigenvalue weighted by Gasteiger charge is 2.07. The molecule has 0 radical (unpaired) electrons. The van der Waals surface area contributed by atoms with Crippen molar-refractivity contribution in [2.24, 2.45) is 10.7 Å². The van der Waals surface area contributed by atoms with Crippen molar-refractivity contribution in [3.63, 3.8) is 0 Å². The molecule has 0 heterocycles. The van der Waals surface area contributed by atoms with E-state index in [0.717, 1.165) is 17.9 Å². The van der Waals surface area contributed by atoms with Crippen LogP contribution in [0.25, 0.3) is 0 Å². The SMILES string of the molecule is CCCCCCC(C)NC(=NC)NCc1ccc(C(=O)NCC(N)=O)cc1.I. The van der Waals surface area contributed by atoms with Crippen LogP contribution in [0, 0.1) is 0 Å². The molecule has 2 amide bonds. The Bertz CT molecular complexity index is 620. The molecule has 0 bridgehead atoms. The van der Waals surface area contributed by atoms with Gasteiger partial charge in [-0.15, -0.1) is 24.0 Å². The van der Waals surface area contributed by atoms with E-state index in [1.807, 2.05) is 12.1 Å². The van der Waals surface area contributed by atoms with Crippen molar-refractivity contribution >= 4 is 41.8 Å². The number of hydrogen-bond acceptors (Lipinski definition) is 3. The molecule has 0 aliphatic heterocycles. The second-order valence-corrected chi connectivity index (χ2v) is 6.67. The first kappa shape index (κ1) is 26.2. The third-order valence-corrected chi connectivity index (χ3v) is 4.20. The van der Waals surface area contributed by atoms with Crippen molar-refractivity contribution in [3.05, 3.63) is 35.4 Å². The van der Waals surface area contributed by atoms with Crippen LogP contribution in [0.5, 0.6) is 0 Å². The molecule has 5 N–H and O–H groups in total. The van der Waals surface area contributed by atoms with Crippen molar-refractivity contribution in [1.82, 2.24) is 16.0 Å². The van der Waals surface area contributed by atoms with Crippen LogP contribution in [0.15, 0.2) is 29.3 Å². The van der Waals surface area contributed by atoms with Gasteiger partial charge in [0.25, 0.3) is 5.91 Å². The summed E-state index contributed by atoms with van der Waals surface area (Å²) in [5.74, 6) is -0.119. The predicted molar refractivity (Wildman–Crippen MR) is 125 cm³/mol. The van der Waals surface area contributed by atoms with Gasteiger partial charge in [0.1, 0.15) is 0 Å². The van der Waals surface area contributed by atoms with Crippen LogP contribution in [0.3, 0.4) is 0 Å². The summed E-state index contributed by atoms with van der Waals surface area (Å²) in [7, 11) is 1.76. The first-order valence-corrected chi connectivity index (χ1v) is 9.58. The maximum atomic E-state index is 11.9. The summed E-state index contributed by atoms with van der Waals surface area (Å²) in [6.45, 7) is 4.82. The molecule has 8 heteroatoms. The Balaban J connectivity index is 0.00000729. The van der Waals surface area contributed by atoms with Crippen LogP contribution in [0.1, 0.15) is 61.9 Å². The fourth-order valence-electron chi connectivity index (χ4n) is 2.61. The Morgan fingerprint density at radius 3 is 2.36 bits per heavy atom. The molecule has 7 nitrogen and oxygen atoms in total. The number of rotatable bonds is 11. The fraction of sp³-hybridized carbons (Fsp3) is 0.550. The van der Waals surface area contributed by atoms with Crippen molar-refractivity contribution in [2.45, 2.75) is 58.5 Å². The maximum absolute atomic E-state index is 11.9. The van der Waals surface area contributed by atoms with E-state index >= 15 is 0 Å². The van der Waals surface area contributed by atoms with Gasteiger partial charge >= 0.3 is 0 Å². The number of carbonyl (C=O) groups excluding carboxylic acids is 2. The molecule has 1 aromatic carbocycles. The Kier molecular flexibility index (Phi) is 14.1. The zero-order valence-corrected chi connectivity index (χ0v) is 19.4. The summed E-state index contributed by atoms with van der Waals surface area (Å²) in [4.78, 5) is 26.8. The Hall–Kier alpha value is -1.84. The number of amides is 2. The number of benzene rings is 1. The van der Waals surface area contributed by atoms with E-state index in [0.29, 0.717) is 18.2 Å². The second-order valence-electron chi connectivity index (χ2n) is 6.67. The average Bonchev–Trinajstić information content (AvgIpc) is 2.67. The summed E-state index contributed by atoms with van der Waals surface area (Å²) in [6, 6.07) is 7.55. The molecule has 0 spiro atoms. The molecule has 0 aliphatic rings. The van der Waals surface area contributed by atoms with E-state index in [1.165, 1.54) is 25.7 Å². The van der Waals surface area contributed by atoms with Gasteiger partial charge in [-0.3, -0.25) is 14.6 Å². The number of primary amides is 1. The summed E-state index contributed by atoms with van der Waals surface area (Å²) < 4.78 is 0. The summed E-state index contributed by atoms with van der Waals surface area (Å²) in [5.41, 5.74) is 6.54. The van der Waals surface area contributed by atoms with Gasteiger partial charge in [0, 0.05) is 25.2 Å². The van der Waals surface area contributed by atoms with Gasteiger partial charge in [-0.2, -0.15) is 0 Å². The van der Waals surface area contributed by atoms with Crippen LogP contribution in [-0.2, 0) is 11.3 Å². The highest BCUT2D eigenvalue weighted by molar-refractivity contribution is 14.0. The van der Waals surface area contributed by atoms with Crippen molar-refractivity contribution in [1.29, 1.82) is 0 Å². The molecule has 1 aromatic rings. The Morgan fingerprint density at radius 1 is 1.11 bits per heavy atom. The number of unbranched alkanes of at least 4 members (excludes halogenated alkanes) is 3. The number of nitrogens with zero attached hydrogens (tertiary/aromatic N) is 1. The molecule has 0 fully saturated rings. The van der Waals surface area contributed by atoms with Gasteiger partial charge < -0.3 is 21.7 Å².